The van der Waals surface area contributed by atoms with Gasteiger partial charge in [0, 0.05) is 29.7 Å². The first-order chi connectivity index (χ1) is 12.0. The number of carbonyl (C=O) groups is 2. The van der Waals surface area contributed by atoms with Gasteiger partial charge in [-0.15, -0.1) is 0 Å². The van der Waals surface area contributed by atoms with E-state index in [9.17, 15) is 9.59 Å². The number of piperidine rings is 1. The van der Waals surface area contributed by atoms with Gasteiger partial charge in [-0.25, -0.2) is 0 Å². The Balaban J connectivity index is 1.63. The normalized spacial score (nSPS) is 15.7. The highest BCUT2D eigenvalue weighted by Crippen LogP contribution is 2.22. The van der Waals surface area contributed by atoms with Crippen LogP contribution in [0.4, 0.5) is 0 Å². The van der Waals surface area contributed by atoms with Crippen molar-refractivity contribution >= 4 is 23.4 Å². The van der Waals surface area contributed by atoms with Gasteiger partial charge in [0.15, 0.2) is 11.5 Å². The third-order valence-electron chi connectivity index (χ3n) is 4.26. The van der Waals surface area contributed by atoms with Crippen LogP contribution in [0.1, 0.15) is 36.7 Å². The molecule has 25 heavy (non-hydrogen) atoms. The molecule has 0 bridgehead atoms. The van der Waals surface area contributed by atoms with Crippen LogP contribution in [0.5, 0.6) is 0 Å². The highest BCUT2D eigenvalue weighted by molar-refractivity contribution is 6.30. The first kappa shape index (κ1) is 17.5. The Morgan fingerprint density at radius 2 is 1.88 bits per heavy atom. The molecule has 1 fully saturated rings. The number of halogens is 1. The van der Waals surface area contributed by atoms with E-state index in [1.165, 1.54) is 0 Å². The Kier molecular flexibility index (Phi) is 5.38. The molecule has 1 atom stereocenters. The largest absolute Gasteiger partial charge is 0.355 e. The van der Waals surface area contributed by atoms with Gasteiger partial charge < -0.3 is 14.7 Å². The van der Waals surface area contributed by atoms with E-state index in [0.29, 0.717) is 10.8 Å². The molecular formula is C18H20ClN3O3. The molecule has 1 aromatic carbocycles. The molecule has 1 saturated heterocycles. The van der Waals surface area contributed by atoms with Gasteiger partial charge in [0.1, 0.15) is 6.04 Å². The summed E-state index contributed by atoms with van der Waals surface area (Å²) in [6, 6.07) is 8.00. The van der Waals surface area contributed by atoms with Crippen LogP contribution in [0.15, 0.2) is 34.9 Å². The van der Waals surface area contributed by atoms with E-state index in [2.05, 4.69) is 10.5 Å². The molecule has 2 heterocycles. The molecule has 7 heteroatoms. The second kappa shape index (κ2) is 7.70. The number of hydrogen-bond acceptors (Lipinski definition) is 4. The molecular weight excluding hydrogens is 342 g/mol. The van der Waals surface area contributed by atoms with Crippen LogP contribution in [0.25, 0.3) is 11.3 Å². The van der Waals surface area contributed by atoms with Crippen molar-refractivity contribution < 1.29 is 14.1 Å². The summed E-state index contributed by atoms with van der Waals surface area (Å²) in [6.45, 7) is 3.20. The van der Waals surface area contributed by atoms with E-state index in [1.807, 2.05) is 0 Å². The molecule has 2 amide bonds. The molecule has 1 aliphatic rings. The molecule has 1 aliphatic heterocycles. The zero-order valence-corrected chi connectivity index (χ0v) is 14.8. The summed E-state index contributed by atoms with van der Waals surface area (Å²) in [6.07, 6.45) is 3.18. The van der Waals surface area contributed by atoms with Crippen molar-refractivity contribution in [2.75, 3.05) is 13.1 Å². The minimum atomic E-state index is -0.596. The minimum Gasteiger partial charge on any atom is -0.355 e. The number of amides is 2. The Bertz CT molecular complexity index is 751. The monoisotopic (exact) mass is 361 g/mol. The lowest BCUT2D eigenvalue weighted by atomic mass is 10.1. The second-order valence-electron chi connectivity index (χ2n) is 6.16. The predicted molar refractivity (Wildman–Crippen MR) is 94.3 cm³/mol. The van der Waals surface area contributed by atoms with Gasteiger partial charge in [-0.05, 0) is 50.5 Å². The Morgan fingerprint density at radius 1 is 1.20 bits per heavy atom. The molecule has 1 N–H and O–H groups in total. The number of benzene rings is 1. The number of rotatable bonds is 4. The maximum absolute atomic E-state index is 12.4. The Hall–Kier alpha value is -2.34. The predicted octanol–water partition coefficient (Wildman–Crippen LogP) is 3.13. The smallest absolute Gasteiger partial charge is 0.274 e. The van der Waals surface area contributed by atoms with Gasteiger partial charge in [-0.1, -0.05) is 16.8 Å². The molecule has 0 aliphatic carbocycles. The number of carbonyl (C=O) groups excluding carboxylic acids is 2. The van der Waals surface area contributed by atoms with Gasteiger partial charge in [0.05, 0.1) is 0 Å². The van der Waals surface area contributed by atoms with E-state index >= 15 is 0 Å². The van der Waals surface area contributed by atoms with Crippen molar-refractivity contribution in [2.24, 2.45) is 0 Å². The van der Waals surface area contributed by atoms with Gasteiger partial charge in [0.2, 0.25) is 5.91 Å². The number of hydrogen-bond donors (Lipinski definition) is 1. The molecule has 0 spiro atoms. The molecule has 132 valence electrons. The van der Waals surface area contributed by atoms with Crippen LogP contribution in [-0.4, -0.2) is 41.0 Å². The summed E-state index contributed by atoms with van der Waals surface area (Å²) in [7, 11) is 0. The first-order valence-electron chi connectivity index (χ1n) is 8.37. The third-order valence-corrected chi connectivity index (χ3v) is 4.51. The minimum absolute atomic E-state index is 0.0607. The summed E-state index contributed by atoms with van der Waals surface area (Å²) in [5.41, 5.74) is 0.914. The maximum Gasteiger partial charge on any atom is 0.274 e. The van der Waals surface area contributed by atoms with Crippen molar-refractivity contribution in [3.63, 3.8) is 0 Å². The number of likely N-dealkylation sites (tertiary alicyclic amines) is 1. The SMILES string of the molecule is CC(NC(=O)c1cc(-c2ccc(Cl)cc2)on1)C(=O)N1CCCCC1. The lowest BCUT2D eigenvalue weighted by molar-refractivity contribution is -0.133. The topological polar surface area (TPSA) is 75.4 Å². The van der Waals surface area contributed by atoms with E-state index in [4.69, 9.17) is 16.1 Å². The fraction of sp³-hybridized carbons (Fsp3) is 0.389. The Labute approximate surface area is 151 Å². The Morgan fingerprint density at radius 3 is 2.56 bits per heavy atom. The fourth-order valence-corrected chi connectivity index (χ4v) is 2.98. The van der Waals surface area contributed by atoms with Crippen molar-refractivity contribution in [1.82, 2.24) is 15.4 Å². The molecule has 2 aromatic rings. The van der Waals surface area contributed by atoms with Crippen LogP contribution in [0.2, 0.25) is 5.02 Å². The quantitative estimate of drug-likeness (QED) is 0.907. The van der Waals surface area contributed by atoms with Gasteiger partial charge in [-0.2, -0.15) is 0 Å². The van der Waals surface area contributed by atoms with Crippen LogP contribution in [0, 0.1) is 0 Å². The zero-order valence-electron chi connectivity index (χ0n) is 14.0. The summed E-state index contributed by atoms with van der Waals surface area (Å²) in [4.78, 5) is 26.5. The molecule has 0 radical (unpaired) electrons. The molecule has 1 unspecified atom stereocenters. The van der Waals surface area contributed by atoms with E-state index in [-0.39, 0.29) is 11.6 Å². The van der Waals surface area contributed by atoms with Gasteiger partial charge in [0.25, 0.3) is 5.91 Å². The summed E-state index contributed by atoms with van der Waals surface area (Å²) in [5.74, 6) is -0.0203. The third kappa shape index (κ3) is 4.20. The van der Waals surface area contributed by atoms with E-state index in [0.717, 1.165) is 37.9 Å². The lowest BCUT2D eigenvalue weighted by Gasteiger charge is -2.29. The first-order valence-corrected chi connectivity index (χ1v) is 8.74. The molecule has 3 rings (SSSR count). The highest BCUT2D eigenvalue weighted by atomic mass is 35.5. The van der Waals surface area contributed by atoms with Crippen LogP contribution in [-0.2, 0) is 4.79 Å². The van der Waals surface area contributed by atoms with Crippen molar-refractivity contribution in [1.29, 1.82) is 0 Å². The molecule has 1 aromatic heterocycles. The summed E-state index contributed by atoms with van der Waals surface area (Å²) >= 11 is 5.86. The van der Waals surface area contributed by atoms with Crippen molar-refractivity contribution in [3.8, 4) is 11.3 Å². The van der Waals surface area contributed by atoms with Gasteiger partial charge in [-0.3, -0.25) is 9.59 Å². The van der Waals surface area contributed by atoms with Crippen LogP contribution < -0.4 is 5.32 Å². The van der Waals surface area contributed by atoms with Crippen molar-refractivity contribution in [3.05, 3.63) is 41.0 Å². The average Bonchev–Trinajstić information content (AvgIpc) is 3.12. The zero-order chi connectivity index (χ0) is 17.8. The molecule has 6 nitrogen and oxygen atoms in total. The standard InChI is InChI=1S/C18H20ClN3O3/c1-12(18(24)22-9-3-2-4-10-22)20-17(23)15-11-16(25-21-15)13-5-7-14(19)8-6-13/h5-8,11-12H,2-4,9-10H2,1H3,(H,20,23). The second-order valence-corrected chi connectivity index (χ2v) is 6.60. The average molecular weight is 362 g/mol. The summed E-state index contributed by atoms with van der Waals surface area (Å²) < 4.78 is 5.22. The summed E-state index contributed by atoms with van der Waals surface area (Å²) in [5, 5.41) is 7.11. The van der Waals surface area contributed by atoms with Crippen LogP contribution >= 0.6 is 11.6 Å². The van der Waals surface area contributed by atoms with Crippen molar-refractivity contribution in [2.45, 2.75) is 32.2 Å². The lowest BCUT2D eigenvalue weighted by Crippen LogP contribution is -2.48. The van der Waals surface area contributed by atoms with E-state index < -0.39 is 11.9 Å². The highest BCUT2D eigenvalue weighted by Gasteiger charge is 2.24. The fourth-order valence-electron chi connectivity index (χ4n) is 2.85. The molecule has 0 saturated carbocycles. The van der Waals surface area contributed by atoms with E-state index in [1.54, 1.807) is 42.2 Å². The number of aromatic nitrogens is 1. The van der Waals surface area contributed by atoms with Gasteiger partial charge >= 0.3 is 0 Å². The maximum atomic E-state index is 12.4. The number of nitrogens with zero attached hydrogens (tertiary/aromatic N) is 2. The number of nitrogens with one attached hydrogen (secondary N) is 1. The van der Waals surface area contributed by atoms with Crippen LogP contribution in [0.3, 0.4) is 0 Å².